The van der Waals surface area contributed by atoms with Crippen LogP contribution in [0.5, 0.6) is 5.75 Å². The summed E-state index contributed by atoms with van der Waals surface area (Å²) in [6, 6.07) is 7.14. The van der Waals surface area contributed by atoms with Gasteiger partial charge in [0.1, 0.15) is 17.8 Å². The molecule has 0 atom stereocenters. The van der Waals surface area contributed by atoms with Crippen LogP contribution in [0.3, 0.4) is 0 Å². The number of rotatable bonds is 6. The molecule has 0 aliphatic rings. The third kappa shape index (κ3) is 5.79. The van der Waals surface area contributed by atoms with Gasteiger partial charge in [0.15, 0.2) is 9.84 Å². The number of anilines is 1. The summed E-state index contributed by atoms with van der Waals surface area (Å²) in [5.74, 6) is 5.17. The van der Waals surface area contributed by atoms with Crippen LogP contribution in [0.15, 0.2) is 41.6 Å². The minimum absolute atomic E-state index is 0.00350. The lowest BCUT2D eigenvalue weighted by molar-refractivity contribution is -0.139. The molecule has 2 aromatic carbocycles. The Labute approximate surface area is 193 Å². The van der Waals surface area contributed by atoms with Crippen LogP contribution in [0, 0.1) is 11.8 Å². The average molecular weight is 495 g/mol. The zero-order valence-corrected chi connectivity index (χ0v) is 19.2. The molecule has 0 saturated carbocycles. The number of nitrogens with one attached hydrogen (secondary N) is 1. The summed E-state index contributed by atoms with van der Waals surface area (Å²) >= 11 is 0. The van der Waals surface area contributed by atoms with Crippen molar-refractivity contribution in [1.82, 2.24) is 9.55 Å². The first kappa shape index (κ1) is 24.9. The molecule has 0 saturated heterocycles. The zero-order valence-electron chi connectivity index (χ0n) is 18.4. The van der Waals surface area contributed by atoms with Crippen LogP contribution in [0.4, 0.5) is 18.9 Å². The lowest BCUT2D eigenvalue weighted by atomic mass is 10.1. The highest BCUT2D eigenvalue weighted by Gasteiger charge is 2.29. The number of benzene rings is 2. The van der Waals surface area contributed by atoms with Gasteiger partial charge in [-0.25, -0.2) is 18.2 Å². The van der Waals surface area contributed by atoms with E-state index in [9.17, 15) is 26.4 Å². The Hall–Kier alpha value is -3.72. The van der Waals surface area contributed by atoms with Gasteiger partial charge in [0, 0.05) is 17.9 Å². The molecule has 34 heavy (non-hydrogen) atoms. The Morgan fingerprint density at radius 3 is 2.56 bits per heavy atom. The second-order valence-corrected chi connectivity index (χ2v) is 9.18. The fourth-order valence-corrected chi connectivity index (χ4v) is 3.79. The molecule has 0 unspecified atom stereocenters. The second-order valence-electron chi connectivity index (χ2n) is 7.16. The van der Waals surface area contributed by atoms with Crippen LogP contribution >= 0.6 is 0 Å². The van der Waals surface area contributed by atoms with Crippen LogP contribution in [0.2, 0.25) is 0 Å². The first-order chi connectivity index (χ1) is 15.9. The molecule has 1 aromatic heterocycles. The van der Waals surface area contributed by atoms with E-state index in [1.807, 2.05) is 0 Å². The van der Waals surface area contributed by atoms with E-state index in [1.165, 1.54) is 37.4 Å². The van der Waals surface area contributed by atoms with E-state index in [4.69, 9.17) is 9.47 Å². The number of imidazole rings is 1. The van der Waals surface area contributed by atoms with E-state index in [0.717, 1.165) is 24.3 Å². The Morgan fingerprint density at radius 2 is 1.94 bits per heavy atom. The van der Waals surface area contributed by atoms with Crippen molar-refractivity contribution in [2.24, 2.45) is 0 Å². The summed E-state index contributed by atoms with van der Waals surface area (Å²) in [6.45, 7) is -1.17. The standard InChI is InChI=1S/C22H20F3N3O5S/c1-32-19-11-15(34(3,30)31)6-7-17(19)26-8-4-5-14-9-16(21(29)33-2)20-18(10-14)28(13-27-20)12-22(23,24)25/h6-7,9-11,13,26H,8,12H2,1-3H3. The van der Waals surface area contributed by atoms with Crippen molar-refractivity contribution in [1.29, 1.82) is 0 Å². The molecule has 8 nitrogen and oxygen atoms in total. The predicted octanol–water partition coefficient (Wildman–Crippen LogP) is 3.26. The number of esters is 1. The maximum absolute atomic E-state index is 12.9. The van der Waals surface area contributed by atoms with Crippen LogP contribution in [-0.2, 0) is 21.1 Å². The van der Waals surface area contributed by atoms with E-state index >= 15 is 0 Å². The minimum atomic E-state index is -4.48. The fourth-order valence-electron chi connectivity index (χ4n) is 3.15. The van der Waals surface area contributed by atoms with Crippen LogP contribution in [0.25, 0.3) is 11.0 Å². The lowest BCUT2D eigenvalue weighted by Crippen LogP contribution is -2.17. The average Bonchev–Trinajstić information content (AvgIpc) is 3.15. The smallest absolute Gasteiger partial charge is 0.406 e. The quantitative estimate of drug-likeness (QED) is 0.414. The molecule has 0 aliphatic carbocycles. The molecule has 1 heterocycles. The highest BCUT2D eigenvalue weighted by Crippen LogP contribution is 2.28. The summed E-state index contributed by atoms with van der Waals surface area (Å²) in [6.07, 6.45) is -2.38. The Morgan fingerprint density at radius 1 is 1.21 bits per heavy atom. The minimum Gasteiger partial charge on any atom is -0.495 e. The van der Waals surface area contributed by atoms with Gasteiger partial charge < -0.3 is 19.4 Å². The number of alkyl halides is 3. The van der Waals surface area contributed by atoms with Gasteiger partial charge in [-0.1, -0.05) is 11.8 Å². The number of hydrogen-bond acceptors (Lipinski definition) is 7. The summed E-state index contributed by atoms with van der Waals surface area (Å²) < 4.78 is 73.0. The maximum Gasteiger partial charge on any atom is 0.406 e. The number of ether oxygens (including phenoxy) is 2. The maximum atomic E-state index is 12.9. The number of carbonyl (C=O) groups excluding carboxylic acids is 1. The molecule has 0 amide bonds. The predicted molar refractivity (Wildman–Crippen MR) is 119 cm³/mol. The van der Waals surface area contributed by atoms with E-state index in [1.54, 1.807) is 0 Å². The van der Waals surface area contributed by atoms with Gasteiger partial charge in [0.2, 0.25) is 0 Å². The van der Waals surface area contributed by atoms with Gasteiger partial charge in [-0.05, 0) is 24.3 Å². The molecule has 3 rings (SSSR count). The van der Waals surface area contributed by atoms with Crippen molar-refractivity contribution >= 4 is 32.5 Å². The highest BCUT2D eigenvalue weighted by molar-refractivity contribution is 7.90. The summed E-state index contributed by atoms with van der Waals surface area (Å²) in [5.41, 5.74) is 0.957. The molecule has 0 radical (unpaired) electrons. The van der Waals surface area contributed by atoms with Crippen molar-refractivity contribution < 1.29 is 35.9 Å². The largest absolute Gasteiger partial charge is 0.495 e. The lowest BCUT2D eigenvalue weighted by Gasteiger charge is -2.10. The number of aromatic nitrogens is 2. The van der Waals surface area contributed by atoms with Crippen molar-refractivity contribution in [3.05, 3.63) is 47.8 Å². The fraction of sp³-hybridized carbons (Fsp3) is 0.273. The Balaban J connectivity index is 1.89. The van der Waals surface area contributed by atoms with Crippen molar-refractivity contribution in [3.8, 4) is 17.6 Å². The number of nitrogens with zero attached hydrogens (tertiary/aromatic N) is 2. The molecule has 0 aliphatic heterocycles. The molecule has 12 heteroatoms. The SMILES string of the molecule is COC(=O)c1cc(C#CCNc2ccc(S(C)(=O)=O)cc2OC)cc2c1ncn2CC(F)(F)F. The third-order valence-corrected chi connectivity index (χ3v) is 5.79. The Kier molecular flexibility index (Phi) is 7.07. The zero-order chi connectivity index (χ0) is 25.1. The molecule has 180 valence electrons. The van der Waals surface area contributed by atoms with E-state index in [2.05, 4.69) is 22.1 Å². The summed E-state index contributed by atoms with van der Waals surface area (Å²) in [5, 5.41) is 2.98. The molecule has 3 aromatic rings. The van der Waals surface area contributed by atoms with E-state index in [0.29, 0.717) is 11.4 Å². The third-order valence-electron chi connectivity index (χ3n) is 4.68. The first-order valence-electron chi connectivity index (χ1n) is 9.67. The summed E-state index contributed by atoms with van der Waals surface area (Å²) in [7, 11) is -0.853. The number of sulfone groups is 1. The Bertz CT molecular complexity index is 1400. The van der Waals surface area contributed by atoms with Crippen molar-refractivity contribution in [2.75, 3.05) is 32.3 Å². The van der Waals surface area contributed by atoms with Crippen molar-refractivity contribution in [3.63, 3.8) is 0 Å². The molecule has 0 bridgehead atoms. The van der Waals surface area contributed by atoms with Gasteiger partial charge >= 0.3 is 12.1 Å². The monoisotopic (exact) mass is 495 g/mol. The van der Waals surface area contributed by atoms with Gasteiger partial charge in [-0.15, -0.1) is 0 Å². The van der Waals surface area contributed by atoms with Gasteiger partial charge in [0.25, 0.3) is 0 Å². The number of carbonyl (C=O) groups is 1. The molecular weight excluding hydrogens is 475 g/mol. The molecule has 1 N–H and O–H groups in total. The van der Waals surface area contributed by atoms with Crippen LogP contribution < -0.4 is 10.1 Å². The topological polar surface area (TPSA) is 99.5 Å². The van der Waals surface area contributed by atoms with E-state index in [-0.39, 0.29) is 33.6 Å². The van der Waals surface area contributed by atoms with Gasteiger partial charge in [-0.3, -0.25) is 0 Å². The van der Waals surface area contributed by atoms with Gasteiger partial charge in [-0.2, -0.15) is 13.2 Å². The van der Waals surface area contributed by atoms with Gasteiger partial charge in [0.05, 0.1) is 48.8 Å². The number of halogens is 3. The molecular formula is C22H20F3N3O5S. The van der Waals surface area contributed by atoms with Crippen LogP contribution in [-0.4, -0.2) is 57.1 Å². The molecule has 0 spiro atoms. The highest BCUT2D eigenvalue weighted by atomic mass is 32.2. The summed E-state index contributed by atoms with van der Waals surface area (Å²) in [4.78, 5) is 16.2. The number of methoxy groups -OCH3 is 2. The second kappa shape index (κ2) is 9.64. The van der Waals surface area contributed by atoms with Crippen molar-refractivity contribution in [2.45, 2.75) is 17.6 Å². The van der Waals surface area contributed by atoms with E-state index < -0.39 is 28.5 Å². The normalized spacial score (nSPS) is 11.6. The number of fused-ring (bicyclic) bond motifs is 1. The number of hydrogen-bond donors (Lipinski definition) is 1. The molecule has 0 fully saturated rings. The van der Waals surface area contributed by atoms with Crippen LogP contribution in [0.1, 0.15) is 15.9 Å². The first-order valence-corrected chi connectivity index (χ1v) is 11.6.